The monoisotopic (exact) mass is 343 g/mol. The zero-order valence-corrected chi connectivity index (χ0v) is 12.3. The zero-order chi connectivity index (χ0) is 14.9. The summed E-state index contributed by atoms with van der Waals surface area (Å²) in [5, 5.41) is 21.4. The maximum Gasteiger partial charge on any atom is 0.313 e. The van der Waals surface area contributed by atoms with Crippen LogP contribution in [0.15, 0.2) is 22.7 Å². The second-order valence-electron chi connectivity index (χ2n) is 4.93. The van der Waals surface area contributed by atoms with E-state index in [-0.39, 0.29) is 24.5 Å². The van der Waals surface area contributed by atoms with Crippen LogP contribution in [0, 0.1) is 5.41 Å². The van der Waals surface area contributed by atoms with Crippen LogP contribution in [0.5, 0.6) is 5.75 Å². The van der Waals surface area contributed by atoms with Crippen molar-refractivity contribution in [2.45, 2.75) is 13.0 Å². The highest BCUT2D eigenvalue weighted by molar-refractivity contribution is 9.10. The summed E-state index contributed by atoms with van der Waals surface area (Å²) in [5.74, 6) is -1.52. The summed E-state index contributed by atoms with van der Waals surface area (Å²) in [6.07, 6.45) is 0. The number of carbonyl (C=O) groups excluding carboxylic acids is 1. The third-order valence-electron chi connectivity index (χ3n) is 3.46. The number of aromatic hydroxyl groups is 1. The van der Waals surface area contributed by atoms with Gasteiger partial charge in [-0.05, 0) is 41.1 Å². The van der Waals surface area contributed by atoms with Crippen LogP contribution in [0.4, 0.5) is 0 Å². The van der Waals surface area contributed by atoms with Crippen LogP contribution in [0.3, 0.4) is 0 Å². The van der Waals surface area contributed by atoms with Gasteiger partial charge in [0, 0.05) is 5.56 Å². The van der Waals surface area contributed by atoms with Gasteiger partial charge in [0.1, 0.15) is 11.2 Å². The Morgan fingerprint density at radius 1 is 1.50 bits per heavy atom. The number of aliphatic carboxylic acids is 1. The number of benzene rings is 1. The second-order valence-corrected chi connectivity index (χ2v) is 5.78. The first kappa shape index (κ1) is 14.8. The molecule has 7 heteroatoms. The van der Waals surface area contributed by atoms with E-state index in [1.807, 2.05) is 0 Å². The van der Waals surface area contributed by atoms with Gasteiger partial charge in [0.2, 0.25) is 0 Å². The first-order valence-electron chi connectivity index (χ1n) is 5.95. The van der Waals surface area contributed by atoms with Gasteiger partial charge < -0.3 is 20.3 Å². The van der Waals surface area contributed by atoms with E-state index >= 15 is 0 Å². The van der Waals surface area contributed by atoms with E-state index in [4.69, 9.17) is 4.74 Å². The molecule has 2 rings (SSSR count). The molecule has 1 heterocycles. The molecular formula is C13H14BrNO5. The van der Waals surface area contributed by atoms with Crippen LogP contribution in [-0.2, 0) is 9.53 Å². The van der Waals surface area contributed by atoms with E-state index in [9.17, 15) is 19.8 Å². The van der Waals surface area contributed by atoms with Crippen molar-refractivity contribution in [3.63, 3.8) is 0 Å². The number of carboxylic acids is 1. The first-order valence-corrected chi connectivity index (χ1v) is 6.74. The molecule has 3 N–H and O–H groups in total. The molecule has 1 aromatic carbocycles. The summed E-state index contributed by atoms with van der Waals surface area (Å²) in [5.41, 5.74) is -0.891. The van der Waals surface area contributed by atoms with Crippen LogP contribution < -0.4 is 5.32 Å². The van der Waals surface area contributed by atoms with Crippen LogP contribution in [-0.4, -0.2) is 41.3 Å². The molecule has 2 unspecified atom stereocenters. The molecule has 0 radical (unpaired) electrons. The minimum atomic E-state index is -1.15. The Kier molecular flexibility index (Phi) is 4.01. The molecule has 20 heavy (non-hydrogen) atoms. The van der Waals surface area contributed by atoms with Gasteiger partial charge in [-0.25, -0.2) is 0 Å². The lowest BCUT2D eigenvalue weighted by atomic mass is 9.85. The highest BCUT2D eigenvalue weighted by Gasteiger charge is 2.47. The molecule has 108 valence electrons. The Bertz CT molecular complexity index is 562. The number of ether oxygens (including phenoxy) is 1. The lowest BCUT2D eigenvalue weighted by molar-refractivity contribution is -0.148. The predicted molar refractivity (Wildman–Crippen MR) is 73.6 cm³/mol. The average Bonchev–Trinajstić information content (AvgIpc) is 2.75. The van der Waals surface area contributed by atoms with Crippen molar-refractivity contribution in [2.75, 3.05) is 13.2 Å². The van der Waals surface area contributed by atoms with E-state index in [1.54, 1.807) is 6.07 Å². The number of halogens is 1. The number of amides is 1. The largest absolute Gasteiger partial charge is 0.507 e. The molecule has 0 saturated carbocycles. The van der Waals surface area contributed by atoms with Gasteiger partial charge in [-0.1, -0.05) is 0 Å². The third kappa shape index (κ3) is 2.64. The Morgan fingerprint density at radius 3 is 2.80 bits per heavy atom. The summed E-state index contributed by atoms with van der Waals surface area (Å²) >= 11 is 3.12. The van der Waals surface area contributed by atoms with Gasteiger partial charge in [0.25, 0.3) is 5.91 Å². The fraction of sp³-hybridized carbons (Fsp3) is 0.385. The topological polar surface area (TPSA) is 95.9 Å². The van der Waals surface area contributed by atoms with E-state index in [1.165, 1.54) is 19.1 Å². The maximum absolute atomic E-state index is 12.1. The minimum Gasteiger partial charge on any atom is -0.507 e. The van der Waals surface area contributed by atoms with Gasteiger partial charge in [-0.3, -0.25) is 9.59 Å². The van der Waals surface area contributed by atoms with Crippen molar-refractivity contribution in [1.29, 1.82) is 0 Å². The van der Waals surface area contributed by atoms with E-state index in [0.717, 1.165) is 0 Å². The fourth-order valence-corrected chi connectivity index (χ4v) is 2.23. The highest BCUT2D eigenvalue weighted by atomic mass is 79.9. The molecule has 1 amide bonds. The molecule has 0 spiro atoms. The number of rotatable bonds is 3. The predicted octanol–water partition coefficient (Wildman–Crippen LogP) is 1.37. The average molecular weight is 344 g/mol. The molecule has 1 saturated heterocycles. The van der Waals surface area contributed by atoms with Gasteiger partial charge in [-0.2, -0.15) is 0 Å². The lowest BCUT2D eigenvalue weighted by Gasteiger charge is -2.25. The standard InChI is InChI=1S/C13H14BrNO5/c1-13(12(18)19)6-20-5-10(13)15-11(17)7-2-3-8(14)9(16)4-7/h2-4,10,16H,5-6H2,1H3,(H,15,17)(H,18,19). The summed E-state index contributed by atoms with van der Waals surface area (Å²) in [6.45, 7) is 1.74. The summed E-state index contributed by atoms with van der Waals surface area (Å²) in [6, 6.07) is 3.78. The summed E-state index contributed by atoms with van der Waals surface area (Å²) < 4.78 is 5.64. The smallest absolute Gasteiger partial charge is 0.313 e. The lowest BCUT2D eigenvalue weighted by Crippen LogP contribution is -2.49. The molecule has 0 bridgehead atoms. The number of hydrogen-bond donors (Lipinski definition) is 3. The van der Waals surface area contributed by atoms with Gasteiger partial charge in [-0.15, -0.1) is 0 Å². The molecule has 2 atom stereocenters. The van der Waals surface area contributed by atoms with E-state index in [0.29, 0.717) is 4.47 Å². The molecule has 1 aromatic rings. The van der Waals surface area contributed by atoms with Crippen LogP contribution in [0.1, 0.15) is 17.3 Å². The molecule has 0 aromatic heterocycles. The molecule has 1 aliphatic rings. The number of nitrogens with one attached hydrogen (secondary N) is 1. The molecular weight excluding hydrogens is 330 g/mol. The Balaban J connectivity index is 2.15. The number of carboxylic acid groups (broad SMARTS) is 1. The van der Waals surface area contributed by atoms with Crippen molar-refractivity contribution in [3.05, 3.63) is 28.2 Å². The zero-order valence-electron chi connectivity index (χ0n) is 10.7. The number of phenols is 1. The van der Waals surface area contributed by atoms with Crippen molar-refractivity contribution in [3.8, 4) is 5.75 Å². The Labute approximate surface area is 123 Å². The quantitative estimate of drug-likeness (QED) is 0.770. The van der Waals surface area contributed by atoms with Crippen molar-refractivity contribution < 1.29 is 24.5 Å². The summed E-state index contributed by atoms with van der Waals surface area (Å²) in [4.78, 5) is 23.4. The molecule has 0 aliphatic carbocycles. The molecule has 6 nitrogen and oxygen atoms in total. The first-order chi connectivity index (χ1) is 9.34. The van der Waals surface area contributed by atoms with E-state index in [2.05, 4.69) is 21.2 Å². The summed E-state index contributed by atoms with van der Waals surface area (Å²) in [7, 11) is 0. The SMILES string of the molecule is CC1(C(=O)O)COCC1NC(=O)c1ccc(Br)c(O)c1. The maximum atomic E-state index is 12.1. The van der Waals surface area contributed by atoms with Gasteiger partial charge in [0.05, 0.1) is 23.7 Å². The normalized spacial score (nSPS) is 25.4. The van der Waals surface area contributed by atoms with Gasteiger partial charge in [0.15, 0.2) is 0 Å². The van der Waals surface area contributed by atoms with Crippen LogP contribution in [0.2, 0.25) is 0 Å². The highest BCUT2D eigenvalue weighted by Crippen LogP contribution is 2.29. The van der Waals surface area contributed by atoms with Crippen molar-refractivity contribution >= 4 is 27.8 Å². The second kappa shape index (κ2) is 5.41. The Morgan fingerprint density at radius 2 is 2.20 bits per heavy atom. The van der Waals surface area contributed by atoms with Crippen LogP contribution >= 0.6 is 15.9 Å². The van der Waals surface area contributed by atoms with Crippen molar-refractivity contribution in [2.24, 2.45) is 5.41 Å². The minimum absolute atomic E-state index is 0.0543. The van der Waals surface area contributed by atoms with E-state index < -0.39 is 23.3 Å². The third-order valence-corrected chi connectivity index (χ3v) is 4.13. The van der Waals surface area contributed by atoms with Crippen LogP contribution in [0.25, 0.3) is 0 Å². The number of phenolic OH excluding ortho intramolecular Hbond substituents is 1. The number of hydrogen-bond acceptors (Lipinski definition) is 4. The number of carbonyl (C=O) groups is 2. The fourth-order valence-electron chi connectivity index (χ4n) is 1.98. The molecule has 1 aliphatic heterocycles. The van der Waals surface area contributed by atoms with Gasteiger partial charge >= 0.3 is 5.97 Å². The Hall–Kier alpha value is -1.60. The molecule has 1 fully saturated rings. The van der Waals surface area contributed by atoms with Crippen molar-refractivity contribution in [1.82, 2.24) is 5.32 Å².